The monoisotopic (exact) mass is 281 g/mol. The highest BCUT2D eigenvalue weighted by Gasteiger charge is 2.32. The molecular weight excluding hydrogens is 269 g/mol. The van der Waals surface area contributed by atoms with Crippen molar-refractivity contribution in [1.29, 1.82) is 5.26 Å². The smallest absolute Gasteiger partial charge is 0.205 e. The van der Waals surface area contributed by atoms with Crippen LogP contribution >= 0.6 is 0 Å². The molecule has 0 radical (unpaired) electrons. The van der Waals surface area contributed by atoms with Crippen LogP contribution in [0.5, 0.6) is 5.75 Å². The third kappa shape index (κ3) is 2.07. The number of rotatable bonds is 1. The van der Waals surface area contributed by atoms with Gasteiger partial charge in [0.05, 0.1) is 5.92 Å². The highest BCUT2D eigenvalue weighted by molar-refractivity contribution is 5.59. The van der Waals surface area contributed by atoms with Crippen LogP contribution in [0.3, 0.4) is 0 Å². The zero-order chi connectivity index (χ0) is 15.0. The van der Waals surface area contributed by atoms with Gasteiger partial charge in [0.25, 0.3) is 0 Å². The molecule has 21 heavy (non-hydrogen) atoms. The fourth-order valence-electron chi connectivity index (χ4n) is 2.51. The lowest BCUT2D eigenvalue weighted by Gasteiger charge is -2.26. The minimum atomic E-state index is -0.622. The molecule has 0 bridgehead atoms. The molecule has 0 aromatic heterocycles. The van der Waals surface area contributed by atoms with Crippen molar-refractivity contribution in [2.24, 2.45) is 5.73 Å². The van der Waals surface area contributed by atoms with Crippen molar-refractivity contribution in [1.82, 2.24) is 0 Å². The fraction of sp³-hybridized carbons (Fsp3) is 0.0625. The van der Waals surface area contributed by atoms with Gasteiger partial charge in [0.2, 0.25) is 5.88 Å². The Hall–Kier alpha value is -3.00. The van der Waals surface area contributed by atoms with E-state index >= 15 is 0 Å². The lowest BCUT2D eigenvalue weighted by atomic mass is 9.83. The molecule has 1 atom stereocenters. The number of nitriles is 1. The van der Waals surface area contributed by atoms with Gasteiger partial charge in [0.15, 0.2) is 0 Å². The first-order valence-corrected chi connectivity index (χ1v) is 6.33. The van der Waals surface area contributed by atoms with Gasteiger partial charge in [-0.25, -0.2) is 4.39 Å². The van der Waals surface area contributed by atoms with Crippen LogP contribution < -0.4 is 16.2 Å². The maximum Gasteiger partial charge on any atom is 0.205 e. The Morgan fingerprint density at radius 2 is 1.86 bits per heavy atom. The summed E-state index contributed by atoms with van der Waals surface area (Å²) in [5, 5.41) is 9.36. The molecule has 1 aliphatic heterocycles. The third-order valence-corrected chi connectivity index (χ3v) is 3.46. The summed E-state index contributed by atoms with van der Waals surface area (Å²) in [6.45, 7) is 0. The molecule has 0 aliphatic carbocycles. The van der Waals surface area contributed by atoms with Gasteiger partial charge < -0.3 is 16.2 Å². The molecule has 2 aromatic carbocycles. The lowest BCUT2D eigenvalue weighted by molar-refractivity contribution is 0.392. The molecule has 104 valence electrons. The topological polar surface area (TPSA) is 85.1 Å². The standard InChI is InChI=1S/C16H12FN3O/c17-13-4-2-1-3-10(13)15-11-7-9(19)5-6-14(11)21-16(20)12(15)8-18/h1-7,15H,19-20H2/t15-/m0/s1. The number of halogens is 1. The maximum atomic E-state index is 14.2. The number of benzene rings is 2. The summed E-state index contributed by atoms with van der Waals surface area (Å²) in [7, 11) is 0. The van der Waals surface area contributed by atoms with Gasteiger partial charge in [-0.2, -0.15) is 5.26 Å². The Kier molecular flexibility index (Phi) is 2.99. The average molecular weight is 281 g/mol. The summed E-state index contributed by atoms with van der Waals surface area (Å²) in [5.74, 6) is -0.557. The number of nitrogens with zero attached hydrogens (tertiary/aromatic N) is 1. The van der Waals surface area contributed by atoms with E-state index in [1.54, 1.807) is 36.4 Å². The molecule has 0 saturated carbocycles. The van der Waals surface area contributed by atoms with E-state index in [-0.39, 0.29) is 11.5 Å². The molecule has 3 rings (SSSR count). The van der Waals surface area contributed by atoms with E-state index in [0.717, 1.165) is 0 Å². The SMILES string of the molecule is N#CC1=C(N)Oc2ccc(N)cc2[C@@H]1c1ccccc1F. The molecule has 4 N–H and O–H groups in total. The number of nitrogen functional groups attached to an aromatic ring is 1. The van der Waals surface area contributed by atoms with E-state index in [9.17, 15) is 9.65 Å². The van der Waals surface area contributed by atoms with Crippen molar-refractivity contribution in [3.8, 4) is 11.8 Å². The molecule has 0 unspecified atom stereocenters. The second-order valence-electron chi connectivity index (χ2n) is 4.74. The van der Waals surface area contributed by atoms with Crippen molar-refractivity contribution < 1.29 is 9.13 Å². The summed E-state index contributed by atoms with van der Waals surface area (Å²) < 4.78 is 19.6. The lowest BCUT2D eigenvalue weighted by Crippen LogP contribution is -2.21. The van der Waals surface area contributed by atoms with E-state index in [2.05, 4.69) is 0 Å². The largest absolute Gasteiger partial charge is 0.440 e. The second-order valence-corrected chi connectivity index (χ2v) is 4.74. The van der Waals surface area contributed by atoms with E-state index in [1.807, 2.05) is 6.07 Å². The van der Waals surface area contributed by atoms with Crippen LogP contribution in [0.15, 0.2) is 53.9 Å². The Morgan fingerprint density at radius 1 is 1.10 bits per heavy atom. The van der Waals surface area contributed by atoms with E-state index in [4.69, 9.17) is 16.2 Å². The van der Waals surface area contributed by atoms with Crippen molar-refractivity contribution >= 4 is 5.69 Å². The number of hydrogen-bond donors (Lipinski definition) is 2. The number of hydrogen-bond acceptors (Lipinski definition) is 4. The predicted molar refractivity (Wildman–Crippen MR) is 76.6 cm³/mol. The van der Waals surface area contributed by atoms with Crippen molar-refractivity contribution in [2.75, 3.05) is 5.73 Å². The molecule has 4 nitrogen and oxygen atoms in total. The quantitative estimate of drug-likeness (QED) is 0.787. The minimum Gasteiger partial charge on any atom is -0.440 e. The number of allylic oxidation sites excluding steroid dienone is 1. The molecule has 0 spiro atoms. The zero-order valence-electron chi connectivity index (χ0n) is 11.0. The molecule has 1 heterocycles. The molecule has 5 heteroatoms. The summed E-state index contributed by atoms with van der Waals surface area (Å²) in [5.41, 5.74) is 13.3. The molecule has 0 saturated heterocycles. The van der Waals surface area contributed by atoms with Gasteiger partial charge >= 0.3 is 0 Å². The van der Waals surface area contributed by atoms with Gasteiger partial charge in [0.1, 0.15) is 23.2 Å². The Balaban J connectivity index is 2.28. The fourth-order valence-corrected chi connectivity index (χ4v) is 2.51. The van der Waals surface area contributed by atoms with E-state index in [1.165, 1.54) is 6.07 Å². The second kappa shape index (κ2) is 4.84. The molecular formula is C16H12FN3O. The number of ether oxygens (including phenoxy) is 1. The summed E-state index contributed by atoms with van der Waals surface area (Å²) >= 11 is 0. The van der Waals surface area contributed by atoms with Crippen molar-refractivity contribution in [3.05, 3.63) is 70.9 Å². The molecule has 0 amide bonds. The van der Waals surface area contributed by atoms with Crippen LogP contribution in [-0.4, -0.2) is 0 Å². The first kappa shape index (κ1) is 13.0. The predicted octanol–water partition coefficient (Wildman–Crippen LogP) is 2.63. The van der Waals surface area contributed by atoms with Crippen LogP contribution in [0.1, 0.15) is 17.0 Å². The van der Waals surface area contributed by atoms with Crippen molar-refractivity contribution in [2.45, 2.75) is 5.92 Å². The average Bonchev–Trinajstić information content (AvgIpc) is 2.47. The maximum absolute atomic E-state index is 14.2. The normalized spacial score (nSPS) is 16.9. The van der Waals surface area contributed by atoms with Crippen LogP contribution in [0.25, 0.3) is 0 Å². The zero-order valence-corrected chi connectivity index (χ0v) is 11.0. The van der Waals surface area contributed by atoms with Gasteiger partial charge in [-0.1, -0.05) is 18.2 Å². The first-order valence-electron chi connectivity index (χ1n) is 6.33. The van der Waals surface area contributed by atoms with Crippen LogP contribution in [0, 0.1) is 17.1 Å². The highest BCUT2D eigenvalue weighted by Crippen LogP contribution is 2.43. The van der Waals surface area contributed by atoms with Crippen LogP contribution in [-0.2, 0) is 0 Å². The molecule has 0 fully saturated rings. The molecule has 1 aliphatic rings. The summed E-state index contributed by atoms with van der Waals surface area (Å²) in [4.78, 5) is 0. The number of anilines is 1. The Bertz CT molecular complexity index is 792. The highest BCUT2D eigenvalue weighted by atomic mass is 19.1. The van der Waals surface area contributed by atoms with Crippen molar-refractivity contribution in [3.63, 3.8) is 0 Å². The Morgan fingerprint density at radius 3 is 2.57 bits per heavy atom. The van der Waals surface area contributed by atoms with E-state index < -0.39 is 11.7 Å². The van der Waals surface area contributed by atoms with Crippen LogP contribution in [0.2, 0.25) is 0 Å². The molecule has 2 aromatic rings. The minimum absolute atomic E-state index is 0.0111. The number of fused-ring (bicyclic) bond motifs is 1. The summed E-state index contributed by atoms with van der Waals surface area (Å²) in [6.07, 6.45) is 0. The third-order valence-electron chi connectivity index (χ3n) is 3.46. The number of nitrogens with two attached hydrogens (primary N) is 2. The van der Waals surface area contributed by atoms with Gasteiger partial charge in [0, 0.05) is 16.8 Å². The van der Waals surface area contributed by atoms with Crippen LogP contribution in [0.4, 0.5) is 10.1 Å². The van der Waals surface area contributed by atoms with Gasteiger partial charge in [-0.15, -0.1) is 0 Å². The van der Waals surface area contributed by atoms with E-state index in [0.29, 0.717) is 22.6 Å². The van der Waals surface area contributed by atoms with Gasteiger partial charge in [-0.3, -0.25) is 0 Å². The summed E-state index contributed by atoms with van der Waals surface area (Å²) in [6, 6.07) is 13.3. The van der Waals surface area contributed by atoms with Gasteiger partial charge in [-0.05, 0) is 24.3 Å². The Labute approximate surface area is 121 Å². The first-order chi connectivity index (χ1) is 10.1.